The van der Waals surface area contributed by atoms with Gasteiger partial charge in [-0.3, -0.25) is 9.59 Å². The van der Waals surface area contributed by atoms with Crippen LogP contribution < -0.4 is 0 Å². The summed E-state index contributed by atoms with van der Waals surface area (Å²) in [6, 6.07) is 6.62. The molecule has 148 valence electrons. The number of amides is 2. The zero-order valence-corrected chi connectivity index (χ0v) is 16.7. The first-order valence-electron chi connectivity index (χ1n) is 9.24. The van der Waals surface area contributed by atoms with E-state index in [1.54, 1.807) is 23.1 Å². The Bertz CT molecular complexity index is 924. The highest BCUT2D eigenvalue weighted by molar-refractivity contribution is 6.42. The summed E-state index contributed by atoms with van der Waals surface area (Å²) in [5.74, 6) is -0.487. The van der Waals surface area contributed by atoms with Crippen molar-refractivity contribution in [2.45, 2.75) is 32.0 Å². The Balaban J connectivity index is 1.56. The van der Waals surface area contributed by atoms with Crippen LogP contribution in [0.15, 0.2) is 24.3 Å². The van der Waals surface area contributed by atoms with Crippen molar-refractivity contribution in [1.82, 2.24) is 19.6 Å². The van der Waals surface area contributed by atoms with E-state index in [-0.39, 0.29) is 36.3 Å². The SMILES string of the molecule is O=C(c1cc2n(n1)C(O)CN(Cc1ccc(Cl)c(Cl)c1)C2=O)N1CCCCC1. The van der Waals surface area contributed by atoms with Gasteiger partial charge in [-0.25, -0.2) is 4.68 Å². The van der Waals surface area contributed by atoms with E-state index in [4.69, 9.17) is 23.2 Å². The molecule has 3 heterocycles. The number of benzene rings is 1. The van der Waals surface area contributed by atoms with Gasteiger partial charge in [0, 0.05) is 25.7 Å². The monoisotopic (exact) mass is 422 g/mol. The second-order valence-electron chi connectivity index (χ2n) is 7.13. The topological polar surface area (TPSA) is 78.7 Å². The van der Waals surface area contributed by atoms with E-state index in [0.717, 1.165) is 24.8 Å². The second kappa shape index (κ2) is 7.73. The van der Waals surface area contributed by atoms with Gasteiger partial charge in [0.25, 0.3) is 11.8 Å². The number of hydrogen-bond acceptors (Lipinski definition) is 4. The molecule has 9 heteroatoms. The van der Waals surface area contributed by atoms with Crippen molar-refractivity contribution in [3.05, 3.63) is 51.3 Å². The van der Waals surface area contributed by atoms with Gasteiger partial charge in [-0.15, -0.1) is 0 Å². The van der Waals surface area contributed by atoms with E-state index < -0.39 is 6.23 Å². The fraction of sp³-hybridized carbons (Fsp3) is 0.421. The van der Waals surface area contributed by atoms with Crippen molar-refractivity contribution in [2.24, 2.45) is 0 Å². The summed E-state index contributed by atoms with van der Waals surface area (Å²) in [7, 11) is 0. The Hall–Kier alpha value is -2.09. The van der Waals surface area contributed by atoms with Gasteiger partial charge >= 0.3 is 0 Å². The lowest BCUT2D eigenvalue weighted by molar-refractivity contribution is 0.0169. The van der Waals surface area contributed by atoms with Gasteiger partial charge in [0.1, 0.15) is 5.69 Å². The smallest absolute Gasteiger partial charge is 0.274 e. The molecule has 1 fully saturated rings. The number of nitrogens with zero attached hydrogens (tertiary/aromatic N) is 4. The summed E-state index contributed by atoms with van der Waals surface area (Å²) in [5.41, 5.74) is 1.20. The van der Waals surface area contributed by atoms with Gasteiger partial charge in [-0.1, -0.05) is 29.3 Å². The van der Waals surface area contributed by atoms with Crippen LogP contribution in [0.25, 0.3) is 0 Å². The highest BCUT2D eigenvalue weighted by Crippen LogP contribution is 2.26. The first-order chi connectivity index (χ1) is 13.4. The molecular formula is C19H20Cl2N4O3. The molecule has 0 aliphatic carbocycles. The van der Waals surface area contributed by atoms with Crippen molar-refractivity contribution in [2.75, 3.05) is 19.6 Å². The van der Waals surface area contributed by atoms with Crippen molar-refractivity contribution in [3.63, 3.8) is 0 Å². The van der Waals surface area contributed by atoms with Crippen molar-refractivity contribution in [3.8, 4) is 0 Å². The summed E-state index contributed by atoms with van der Waals surface area (Å²) in [4.78, 5) is 28.9. The molecule has 1 aromatic heterocycles. The minimum Gasteiger partial charge on any atom is -0.370 e. The average Bonchev–Trinajstić information content (AvgIpc) is 3.15. The van der Waals surface area contributed by atoms with E-state index in [1.165, 1.54) is 15.6 Å². The minimum atomic E-state index is -1.02. The first-order valence-corrected chi connectivity index (χ1v) is 10.00. The maximum absolute atomic E-state index is 12.9. The molecule has 4 rings (SSSR count). The molecular weight excluding hydrogens is 403 g/mol. The molecule has 28 heavy (non-hydrogen) atoms. The highest BCUT2D eigenvalue weighted by atomic mass is 35.5. The van der Waals surface area contributed by atoms with Gasteiger partial charge in [0.2, 0.25) is 0 Å². The predicted molar refractivity (Wildman–Crippen MR) is 104 cm³/mol. The number of aromatic nitrogens is 2. The van der Waals surface area contributed by atoms with Gasteiger partial charge in [-0.2, -0.15) is 5.10 Å². The fourth-order valence-electron chi connectivity index (χ4n) is 3.66. The van der Waals surface area contributed by atoms with E-state index in [2.05, 4.69) is 5.10 Å². The highest BCUT2D eigenvalue weighted by Gasteiger charge is 2.34. The van der Waals surface area contributed by atoms with Crippen molar-refractivity contribution < 1.29 is 14.7 Å². The Morgan fingerprint density at radius 2 is 1.89 bits per heavy atom. The first kappa shape index (κ1) is 19.2. The summed E-state index contributed by atoms with van der Waals surface area (Å²) in [5, 5.41) is 15.5. The Morgan fingerprint density at radius 3 is 2.61 bits per heavy atom. The molecule has 1 N–H and O–H groups in total. The summed E-state index contributed by atoms with van der Waals surface area (Å²) < 4.78 is 1.24. The summed E-state index contributed by atoms with van der Waals surface area (Å²) in [6.07, 6.45) is 2.04. The molecule has 1 aromatic carbocycles. The van der Waals surface area contributed by atoms with Gasteiger partial charge < -0.3 is 14.9 Å². The van der Waals surface area contributed by atoms with E-state index >= 15 is 0 Å². The largest absolute Gasteiger partial charge is 0.370 e. The van der Waals surface area contributed by atoms with Gasteiger partial charge in [-0.05, 0) is 37.0 Å². The van der Waals surface area contributed by atoms with Crippen LogP contribution in [0.3, 0.4) is 0 Å². The molecule has 2 aromatic rings. The van der Waals surface area contributed by atoms with Crippen LogP contribution in [0.4, 0.5) is 0 Å². The third-order valence-corrected chi connectivity index (χ3v) is 5.87. The van der Waals surface area contributed by atoms with Crippen LogP contribution in [0.1, 0.15) is 52.0 Å². The van der Waals surface area contributed by atoms with Crippen LogP contribution in [0.2, 0.25) is 10.0 Å². The number of hydrogen-bond donors (Lipinski definition) is 1. The quantitative estimate of drug-likeness (QED) is 0.824. The van der Waals surface area contributed by atoms with Crippen molar-refractivity contribution in [1.29, 1.82) is 0 Å². The fourth-order valence-corrected chi connectivity index (χ4v) is 3.98. The zero-order chi connectivity index (χ0) is 19.8. The Labute approximate surface area is 172 Å². The zero-order valence-electron chi connectivity index (χ0n) is 15.1. The van der Waals surface area contributed by atoms with Crippen LogP contribution in [0.5, 0.6) is 0 Å². The van der Waals surface area contributed by atoms with Gasteiger partial charge in [0.15, 0.2) is 11.9 Å². The van der Waals surface area contributed by atoms with Crippen LogP contribution in [-0.4, -0.2) is 56.1 Å². The maximum Gasteiger partial charge on any atom is 0.274 e. The van der Waals surface area contributed by atoms with Crippen LogP contribution >= 0.6 is 23.2 Å². The summed E-state index contributed by atoms with van der Waals surface area (Å²) >= 11 is 12.0. The Kier molecular flexibility index (Phi) is 5.31. The molecule has 1 atom stereocenters. The second-order valence-corrected chi connectivity index (χ2v) is 7.94. The molecule has 7 nitrogen and oxygen atoms in total. The number of likely N-dealkylation sites (tertiary alicyclic amines) is 1. The number of halogens is 2. The number of rotatable bonds is 3. The predicted octanol–water partition coefficient (Wildman–Crippen LogP) is 2.96. The molecule has 2 amide bonds. The average molecular weight is 423 g/mol. The maximum atomic E-state index is 12.9. The van der Waals surface area contributed by atoms with Crippen LogP contribution in [-0.2, 0) is 6.54 Å². The molecule has 2 aliphatic rings. The number of carbonyl (C=O) groups is 2. The number of β-amino-alcohol motifs (C(OH)–C–C–N with tert-alkyl or cyclic N) is 1. The standard InChI is InChI=1S/C19H20Cl2N4O3/c20-13-5-4-12(8-14(13)21)10-24-11-17(26)25-16(19(24)28)9-15(22-25)18(27)23-6-2-1-3-7-23/h4-5,8-9,17,26H,1-3,6-7,10-11H2. The molecule has 0 spiro atoms. The molecule has 0 radical (unpaired) electrons. The van der Waals surface area contributed by atoms with E-state index in [1.807, 2.05) is 0 Å². The van der Waals surface area contributed by atoms with E-state index in [0.29, 0.717) is 23.1 Å². The molecule has 1 saturated heterocycles. The van der Waals surface area contributed by atoms with Gasteiger partial charge in [0.05, 0.1) is 16.6 Å². The van der Waals surface area contributed by atoms with E-state index in [9.17, 15) is 14.7 Å². The lowest BCUT2D eigenvalue weighted by atomic mass is 10.1. The molecule has 2 aliphatic heterocycles. The lowest BCUT2D eigenvalue weighted by Crippen LogP contribution is -2.42. The lowest BCUT2D eigenvalue weighted by Gasteiger charge is -2.31. The molecule has 1 unspecified atom stereocenters. The number of carbonyl (C=O) groups excluding carboxylic acids is 2. The number of fused-ring (bicyclic) bond motifs is 1. The molecule has 0 bridgehead atoms. The number of piperidine rings is 1. The third-order valence-electron chi connectivity index (χ3n) is 5.13. The normalized spacial score (nSPS) is 19.7. The minimum absolute atomic E-state index is 0.0745. The molecule has 0 saturated carbocycles. The number of aliphatic hydroxyl groups excluding tert-OH is 1. The number of aliphatic hydroxyl groups is 1. The van der Waals surface area contributed by atoms with Crippen molar-refractivity contribution >= 4 is 35.0 Å². The van der Waals surface area contributed by atoms with Crippen LogP contribution in [0, 0.1) is 0 Å². The Morgan fingerprint density at radius 1 is 1.14 bits per heavy atom. The third kappa shape index (κ3) is 3.62. The summed E-state index contributed by atoms with van der Waals surface area (Å²) in [6.45, 7) is 1.74.